The van der Waals surface area contributed by atoms with Crippen molar-refractivity contribution in [1.29, 1.82) is 0 Å². The summed E-state index contributed by atoms with van der Waals surface area (Å²) < 4.78 is 15.6. The zero-order chi connectivity index (χ0) is 14.5. The van der Waals surface area contributed by atoms with Gasteiger partial charge in [0.2, 0.25) is 5.82 Å². The van der Waals surface area contributed by atoms with Crippen LogP contribution >= 0.6 is 0 Å². The van der Waals surface area contributed by atoms with Crippen LogP contribution in [0.25, 0.3) is 0 Å². The SMILES string of the molecule is Cn1cnnc1CCNCc1cccc([N+](=O)[O-])c1F. The van der Waals surface area contributed by atoms with E-state index < -0.39 is 16.4 Å². The molecule has 0 atom stereocenters. The third kappa shape index (κ3) is 3.15. The van der Waals surface area contributed by atoms with Crippen molar-refractivity contribution < 1.29 is 9.31 Å². The van der Waals surface area contributed by atoms with Gasteiger partial charge < -0.3 is 9.88 Å². The van der Waals surface area contributed by atoms with Crippen molar-refractivity contribution in [3.8, 4) is 0 Å². The number of aryl methyl sites for hydroxylation is 1. The number of rotatable bonds is 6. The van der Waals surface area contributed by atoms with Crippen LogP contribution in [0.4, 0.5) is 10.1 Å². The second kappa shape index (κ2) is 6.20. The topological polar surface area (TPSA) is 85.9 Å². The van der Waals surface area contributed by atoms with Crippen LogP contribution in [0, 0.1) is 15.9 Å². The third-order valence-electron chi connectivity index (χ3n) is 2.90. The normalized spacial score (nSPS) is 10.7. The molecule has 8 heteroatoms. The second-order valence-corrected chi connectivity index (χ2v) is 4.29. The fraction of sp³-hybridized carbons (Fsp3) is 0.333. The molecule has 2 aromatic rings. The maximum absolute atomic E-state index is 13.8. The number of halogens is 1. The van der Waals surface area contributed by atoms with Crippen LogP contribution in [-0.4, -0.2) is 26.2 Å². The van der Waals surface area contributed by atoms with E-state index in [1.165, 1.54) is 12.1 Å². The first-order chi connectivity index (χ1) is 9.59. The van der Waals surface area contributed by atoms with E-state index in [-0.39, 0.29) is 12.1 Å². The Balaban J connectivity index is 1.90. The Morgan fingerprint density at radius 2 is 2.30 bits per heavy atom. The molecule has 0 saturated heterocycles. The minimum Gasteiger partial charge on any atom is -0.321 e. The molecule has 0 spiro atoms. The van der Waals surface area contributed by atoms with E-state index >= 15 is 0 Å². The van der Waals surface area contributed by atoms with Crippen molar-refractivity contribution in [3.63, 3.8) is 0 Å². The van der Waals surface area contributed by atoms with Crippen LogP contribution in [-0.2, 0) is 20.0 Å². The van der Waals surface area contributed by atoms with Crippen molar-refractivity contribution in [2.45, 2.75) is 13.0 Å². The Morgan fingerprint density at radius 3 is 2.95 bits per heavy atom. The average Bonchev–Trinajstić information content (AvgIpc) is 2.81. The maximum atomic E-state index is 13.8. The number of nitrogens with one attached hydrogen (secondary N) is 1. The Bertz CT molecular complexity index is 614. The molecule has 2 rings (SSSR count). The Kier molecular flexibility index (Phi) is 4.36. The quantitative estimate of drug-likeness (QED) is 0.487. The highest BCUT2D eigenvalue weighted by atomic mass is 19.1. The monoisotopic (exact) mass is 279 g/mol. The van der Waals surface area contributed by atoms with Crippen LogP contribution < -0.4 is 5.32 Å². The van der Waals surface area contributed by atoms with Crippen molar-refractivity contribution in [2.75, 3.05) is 6.54 Å². The van der Waals surface area contributed by atoms with E-state index in [0.29, 0.717) is 13.0 Å². The van der Waals surface area contributed by atoms with Gasteiger partial charge in [-0.25, -0.2) is 0 Å². The first-order valence-electron chi connectivity index (χ1n) is 6.05. The van der Waals surface area contributed by atoms with Crippen molar-refractivity contribution in [1.82, 2.24) is 20.1 Å². The molecule has 106 valence electrons. The first kappa shape index (κ1) is 14.1. The van der Waals surface area contributed by atoms with Crippen LogP contribution in [0.5, 0.6) is 0 Å². The van der Waals surface area contributed by atoms with Gasteiger partial charge in [0, 0.05) is 38.2 Å². The molecule has 0 amide bonds. The largest absolute Gasteiger partial charge is 0.321 e. The number of hydrogen-bond acceptors (Lipinski definition) is 5. The van der Waals surface area contributed by atoms with Gasteiger partial charge in [-0.05, 0) is 0 Å². The van der Waals surface area contributed by atoms with Crippen molar-refractivity contribution in [2.24, 2.45) is 7.05 Å². The van der Waals surface area contributed by atoms with Gasteiger partial charge in [-0.3, -0.25) is 10.1 Å². The summed E-state index contributed by atoms with van der Waals surface area (Å²) in [6.07, 6.45) is 2.25. The molecule has 1 heterocycles. The molecular formula is C12H14FN5O2. The minimum absolute atomic E-state index is 0.228. The molecule has 1 aromatic carbocycles. The molecule has 0 aliphatic heterocycles. The van der Waals surface area contributed by atoms with Gasteiger partial charge in [-0.2, -0.15) is 4.39 Å². The van der Waals surface area contributed by atoms with Gasteiger partial charge in [0.05, 0.1) is 4.92 Å². The summed E-state index contributed by atoms with van der Waals surface area (Å²) in [6.45, 7) is 0.806. The highest BCUT2D eigenvalue weighted by Crippen LogP contribution is 2.19. The predicted octanol–water partition coefficient (Wildman–Crippen LogP) is 1.19. The predicted molar refractivity (Wildman–Crippen MR) is 69.5 cm³/mol. The zero-order valence-corrected chi connectivity index (χ0v) is 10.9. The summed E-state index contributed by atoms with van der Waals surface area (Å²) in [7, 11) is 1.84. The summed E-state index contributed by atoms with van der Waals surface area (Å²) in [5.41, 5.74) is -0.227. The van der Waals surface area contributed by atoms with Gasteiger partial charge in [0.25, 0.3) is 0 Å². The molecular weight excluding hydrogens is 265 g/mol. The molecule has 0 aliphatic carbocycles. The highest BCUT2D eigenvalue weighted by molar-refractivity contribution is 5.36. The average molecular weight is 279 g/mol. The van der Waals surface area contributed by atoms with E-state index in [9.17, 15) is 14.5 Å². The summed E-state index contributed by atoms with van der Waals surface area (Å²) in [6, 6.07) is 4.15. The van der Waals surface area contributed by atoms with E-state index in [0.717, 1.165) is 11.9 Å². The molecule has 1 aromatic heterocycles. The number of nitro groups is 1. The molecule has 1 N–H and O–H groups in total. The van der Waals surface area contributed by atoms with Crippen LogP contribution in [0.1, 0.15) is 11.4 Å². The number of aromatic nitrogens is 3. The van der Waals surface area contributed by atoms with Crippen molar-refractivity contribution in [3.05, 3.63) is 51.8 Å². The Hall–Kier alpha value is -2.35. The Labute approximate surface area is 114 Å². The lowest BCUT2D eigenvalue weighted by molar-refractivity contribution is -0.387. The zero-order valence-electron chi connectivity index (χ0n) is 10.9. The molecule has 0 unspecified atom stereocenters. The van der Waals surface area contributed by atoms with E-state index in [4.69, 9.17) is 0 Å². The van der Waals surface area contributed by atoms with Gasteiger partial charge in [-0.1, -0.05) is 12.1 Å². The maximum Gasteiger partial charge on any atom is 0.305 e. The van der Waals surface area contributed by atoms with Crippen molar-refractivity contribution >= 4 is 5.69 Å². The van der Waals surface area contributed by atoms with Gasteiger partial charge in [0.1, 0.15) is 12.2 Å². The fourth-order valence-corrected chi connectivity index (χ4v) is 1.80. The molecule has 0 aliphatic rings. The van der Waals surface area contributed by atoms with E-state index in [1.54, 1.807) is 10.9 Å². The third-order valence-corrected chi connectivity index (χ3v) is 2.90. The Morgan fingerprint density at radius 1 is 1.50 bits per heavy atom. The first-order valence-corrected chi connectivity index (χ1v) is 6.05. The second-order valence-electron chi connectivity index (χ2n) is 4.29. The number of hydrogen-bond donors (Lipinski definition) is 1. The minimum atomic E-state index is -0.788. The summed E-state index contributed by atoms with van der Waals surface area (Å²) in [4.78, 5) is 9.90. The smallest absolute Gasteiger partial charge is 0.305 e. The molecule has 7 nitrogen and oxygen atoms in total. The van der Waals surface area contributed by atoms with E-state index in [1.807, 2.05) is 7.05 Å². The van der Waals surface area contributed by atoms with Crippen LogP contribution in [0.3, 0.4) is 0 Å². The van der Waals surface area contributed by atoms with Gasteiger partial charge in [-0.15, -0.1) is 10.2 Å². The molecule has 0 saturated carbocycles. The van der Waals surface area contributed by atoms with E-state index in [2.05, 4.69) is 15.5 Å². The van der Waals surface area contributed by atoms with Gasteiger partial charge >= 0.3 is 5.69 Å². The lowest BCUT2D eigenvalue weighted by atomic mass is 10.2. The molecule has 0 fully saturated rings. The lowest BCUT2D eigenvalue weighted by Gasteiger charge is -2.06. The fourth-order valence-electron chi connectivity index (χ4n) is 1.80. The molecule has 0 radical (unpaired) electrons. The molecule has 0 bridgehead atoms. The van der Waals surface area contributed by atoms with Crippen LogP contribution in [0.2, 0.25) is 0 Å². The number of nitro benzene ring substituents is 1. The van der Waals surface area contributed by atoms with Crippen LogP contribution in [0.15, 0.2) is 24.5 Å². The molecule has 20 heavy (non-hydrogen) atoms. The van der Waals surface area contributed by atoms with Gasteiger partial charge in [0.15, 0.2) is 0 Å². The highest BCUT2D eigenvalue weighted by Gasteiger charge is 2.16. The summed E-state index contributed by atoms with van der Waals surface area (Å²) >= 11 is 0. The standard InChI is InChI=1S/C12H14FN5O2/c1-17-8-15-16-11(17)5-6-14-7-9-3-2-4-10(12(9)13)18(19)20/h2-4,8,14H,5-7H2,1H3. The lowest BCUT2D eigenvalue weighted by Crippen LogP contribution is -2.19. The number of benzene rings is 1. The summed E-state index contributed by atoms with van der Waals surface area (Å²) in [5, 5.41) is 21.3. The summed E-state index contributed by atoms with van der Waals surface area (Å²) in [5.74, 6) is 0.0284. The number of nitrogens with zero attached hydrogens (tertiary/aromatic N) is 4.